The Kier molecular flexibility index (Phi) is 4.94. The van der Waals surface area contributed by atoms with Gasteiger partial charge in [0.05, 0.1) is 5.56 Å². The van der Waals surface area contributed by atoms with E-state index in [9.17, 15) is 9.18 Å². The summed E-state index contributed by atoms with van der Waals surface area (Å²) in [5, 5.41) is 3.38. The van der Waals surface area contributed by atoms with E-state index in [-0.39, 0.29) is 11.3 Å². The predicted molar refractivity (Wildman–Crippen MR) is 76.1 cm³/mol. The number of nitrogens with one attached hydrogen (secondary N) is 1. The summed E-state index contributed by atoms with van der Waals surface area (Å²) < 4.78 is 13.7. The van der Waals surface area contributed by atoms with Gasteiger partial charge in [0.15, 0.2) is 5.78 Å². The highest BCUT2D eigenvalue weighted by Gasteiger charge is 2.17. The van der Waals surface area contributed by atoms with E-state index in [1.165, 1.54) is 45.1 Å². The molecule has 19 heavy (non-hydrogen) atoms. The maximum atomic E-state index is 13.7. The molecule has 0 amide bonds. The summed E-state index contributed by atoms with van der Waals surface area (Å²) in [6, 6.07) is 5.17. The van der Waals surface area contributed by atoms with Crippen LogP contribution >= 0.6 is 0 Å². The summed E-state index contributed by atoms with van der Waals surface area (Å²) >= 11 is 0. The van der Waals surface area contributed by atoms with Gasteiger partial charge >= 0.3 is 0 Å². The van der Waals surface area contributed by atoms with Crippen molar-refractivity contribution >= 4 is 11.5 Å². The van der Waals surface area contributed by atoms with Crippen LogP contribution in [0.2, 0.25) is 0 Å². The third-order valence-electron chi connectivity index (χ3n) is 3.83. The van der Waals surface area contributed by atoms with Crippen molar-refractivity contribution in [2.45, 2.75) is 57.9 Å². The fourth-order valence-electron chi connectivity index (χ4n) is 2.82. The molecule has 0 heterocycles. The first-order valence-corrected chi connectivity index (χ1v) is 7.24. The number of Topliss-reactive ketones (excluding diaryl/α,β-unsaturated/α-hetero) is 1. The van der Waals surface area contributed by atoms with E-state index in [1.807, 2.05) is 0 Å². The van der Waals surface area contributed by atoms with Crippen molar-refractivity contribution in [1.82, 2.24) is 0 Å². The number of benzene rings is 1. The number of halogens is 1. The number of hydrogen-bond donors (Lipinski definition) is 1. The Bertz CT molecular complexity index is 436. The normalized spacial score (nSPS) is 17.6. The SMILES string of the molecule is CC(=O)c1c(F)cccc1NC1CCCCCCC1. The van der Waals surface area contributed by atoms with Crippen molar-refractivity contribution in [3.05, 3.63) is 29.6 Å². The third-order valence-corrected chi connectivity index (χ3v) is 3.83. The first-order chi connectivity index (χ1) is 9.18. The van der Waals surface area contributed by atoms with Crippen molar-refractivity contribution in [3.8, 4) is 0 Å². The molecule has 1 saturated carbocycles. The van der Waals surface area contributed by atoms with Crippen LogP contribution in [0.25, 0.3) is 0 Å². The minimum absolute atomic E-state index is 0.199. The Labute approximate surface area is 114 Å². The minimum atomic E-state index is -0.427. The van der Waals surface area contributed by atoms with Gasteiger partial charge in [-0.25, -0.2) is 4.39 Å². The molecule has 0 saturated heterocycles. The summed E-state index contributed by atoms with van der Waals surface area (Å²) in [6.07, 6.45) is 8.51. The molecular formula is C16H22FNO. The summed E-state index contributed by atoms with van der Waals surface area (Å²) in [4.78, 5) is 11.6. The number of carbonyl (C=O) groups excluding carboxylic acids is 1. The van der Waals surface area contributed by atoms with Gasteiger partial charge in [-0.15, -0.1) is 0 Å². The zero-order valence-corrected chi connectivity index (χ0v) is 11.5. The summed E-state index contributed by atoms with van der Waals surface area (Å²) in [6.45, 7) is 1.42. The predicted octanol–water partition coefficient (Wildman–Crippen LogP) is 4.55. The topological polar surface area (TPSA) is 29.1 Å². The van der Waals surface area contributed by atoms with Crippen LogP contribution in [0.3, 0.4) is 0 Å². The molecule has 1 aromatic carbocycles. The second kappa shape index (κ2) is 6.69. The van der Waals surface area contributed by atoms with Crippen LogP contribution in [-0.2, 0) is 0 Å². The lowest BCUT2D eigenvalue weighted by molar-refractivity contribution is 0.101. The summed E-state index contributed by atoms with van der Waals surface area (Å²) in [7, 11) is 0. The molecule has 2 nitrogen and oxygen atoms in total. The van der Waals surface area contributed by atoms with Crippen LogP contribution in [0, 0.1) is 5.82 Å². The molecule has 1 aliphatic carbocycles. The van der Waals surface area contributed by atoms with Crippen molar-refractivity contribution in [1.29, 1.82) is 0 Å². The maximum Gasteiger partial charge on any atom is 0.164 e. The van der Waals surface area contributed by atoms with Gasteiger partial charge in [-0.2, -0.15) is 0 Å². The number of anilines is 1. The first-order valence-electron chi connectivity index (χ1n) is 7.24. The molecule has 104 valence electrons. The van der Waals surface area contributed by atoms with E-state index in [2.05, 4.69) is 5.32 Å². The van der Waals surface area contributed by atoms with E-state index >= 15 is 0 Å². The Balaban J connectivity index is 2.13. The van der Waals surface area contributed by atoms with Crippen LogP contribution in [0.5, 0.6) is 0 Å². The van der Waals surface area contributed by atoms with Gasteiger partial charge in [0.25, 0.3) is 0 Å². The van der Waals surface area contributed by atoms with Crippen LogP contribution in [0.4, 0.5) is 10.1 Å². The summed E-state index contributed by atoms with van der Waals surface area (Å²) in [5.74, 6) is -0.644. The van der Waals surface area contributed by atoms with Crippen molar-refractivity contribution in [2.75, 3.05) is 5.32 Å². The third kappa shape index (κ3) is 3.79. The number of carbonyl (C=O) groups is 1. The largest absolute Gasteiger partial charge is 0.382 e. The lowest BCUT2D eigenvalue weighted by Gasteiger charge is -2.23. The van der Waals surface area contributed by atoms with Crippen LogP contribution in [0.1, 0.15) is 62.2 Å². The Morgan fingerprint density at radius 3 is 2.42 bits per heavy atom. The molecule has 0 aliphatic heterocycles. The van der Waals surface area contributed by atoms with Gasteiger partial charge in [0.1, 0.15) is 5.82 Å². The quantitative estimate of drug-likeness (QED) is 0.810. The highest BCUT2D eigenvalue weighted by atomic mass is 19.1. The monoisotopic (exact) mass is 263 g/mol. The van der Waals surface area contributed by atoms with Gasteiger partial charge in [-0.1, -0.05) is 38.2 Å². The lowest BCUT2D eigenvalue weighted by atomic mass is 9.96. The second-order valence-corrected chi connectivity index (χ2v) is 5.40. The fraction of sp³-hybridized carbons (Fsp3) is 0.562. The van der Waals surface area contributed by atoms with E-state index in [4.69, 9.17) is 0 Å². The molecule has 3 heteroatoms. The zero-order valence-electron chi connectivity index (χ0n) is 11.5. The van der Waals surface area contributed by atoms with Gasteiger partial charge in [-0.3, -0.25) is 4.79 Å². The molecule has 1 N–H and O–H groups in total. The van der Waals surface area contributed by atoms with Gasteiger partial charge in [-0.05, 0) is 31.9 Å². The highest BCUT2D eigenvalue weighted by Crippen LogP contribution is 2.24. The lowest BCUT2D eigenvalue weighted by Crippen LogP contribution is -2.22. The maximum absolute atomic E-state index is 13.7. The fourth-order valence-corrected chi connectivity index (χ4v) is 2.82. The smallest absolute Gasteiger partial charge is 0.164 e. The Morgan fingerprint density at radius 2 is 1.79 bits per heavy atom. The number of hydrogen-bond acceptors (Lipinski definition) is 2. The summed E-state index contributed by atoms with van der Waals surface area (Å²) in [5.41, 5.74) is 0.850. The Morgan fingerprint density at radius 1 is 1.16 bits per heavy atom. The molecule has 1 aromatic rings. The van der Waals surface area contributed by atoms with E-state index < -0.39 is 5.82 Å². The molecular weight excluding hydrogens is 241 g/mol. The van der Waals surface area contributed by atoms with E-state index in [1.54, 1.807) is 12.1 Å². The van der Waals surface area contributed by atoms with Crippen LogP contribution in [0.15, 0.2) is 18.2 Å². The molecule has 1 aliphatic rings. The molecule has 0 aromatic heterocycles. The van der Waals surface area contributed by atoms with Gasteiger partial charge < -0.3 is 5.32 Å². The zero-order chi connectivity index (χ0) is 13.7. The molecule has 0 radical (unpaired) electrons. The number of ketones is 1. The minimum Gasteiger partial charge on any atom is -0.382 e. The van der Waals surface area contributed by atoms with Crippen molar-refractivity contribution in [3.63, 3.8) is 0 Å². The molecule has 0 spiro atoms. The van der Waals surface area contributed by atoms with Crippen molar-refractivity contribution in [2.24, 2.45) is 0 Å². The standard InChI is InChI=1S/C16H22FNO/c1-12(19)16-14(17)10-7-11-15(16)18-13-8-5-3-2-4-6-9-13/h7,10-11,13,18H,2-6,8-9H2,1H3. The molecule has 0 unspecified atom stereocenters. The highest BCUT2D eigenvalue weighted by molar-refractivity contribution is 5.99. The average Bonchev–Trinajstić information content (AvgIpc) is 2.32. The number of rotatable bonds is 3. The Hall–Kier alpha value is -1.38. The van der Waals surface area contributed by atoms with Gasteiger partial charge in [0, 0.05) is 11.7 Å². The molecule has 0 atom stereocenters. The second-order valence-electron chi connectivity index (χ2n) is 5.40. The van der Waals surface area contributed by atoms with Crippen LogP contribution in [-0.4, -0.2) is 11.8 Å². The molecule has 1 fully saturated rings. The average molecular weight is 263 g/mol. The molecule has 2 rings (SSSR count). The first kappa shape index (κ1) is 14.0. The van der Waals surface area contributed by atoms with E-state index in [0.29, 0.717) is 11.7 Å². The van der Waals surface area contributed by atoms with Crippen molar-refractivity contribution < 1.29 is 9.18 Å². The molecule has 0 bridgehead atoms. The van der Waals surface area contributed by atoms with E-state index in [0.717, 1.165) is 12.8 Å². The van der Waals surface area contributed by atoms with Crippen LogP contribution < -0.4 is 5.32 Å². The van der Waals surface area contributed by atoms with Gasteiger partial charge in [0.2, 0.25) is 0 Å².